The molecule has 80 valence electrons. The van der Waals surface area contributed by atoms with Crippen molar-refractivity contribution in [1.82, 2.24) is 19.7 Å². The third kappa shape index (κ3) is 2.30. The van der Waals surface area contributed by atoms with Gasteiger partial charge in [0.15, 0.2) is 0 Å². The van der Waals surface area contributed by atoms with Crippen LogP contribution in [0.3, 0.4) is 0 Å². The van der Waals surface area contributed by atoms with Crippen molar-refractivity contribution in [2.24, 2.45) is 0 Å². The molecule has 0 radical (unpaired) electrons. The highest BCUT2D eigenvalue weighted by Crippen LogP contribution is 2.02. The fourth-order valence-corrected chi connectivity index (χ4v) is 1.42. The van der Waals surface area contributed by atoms with Gasteiger partial charge in [0.05, 0.1) is 18.6 Å². The quantitative estimate of drug-likeness (QED) is 0.750. The molecule has 0 saturated heterocycles. The highest BCUT2D eigenvalue weighted by atomic mass is 19.1. The van der Waals surface area contributed by atoms with Crippen molar-refractivity contribution in [2.45, 2.75) is 13.0 Å². The molecule has 0 aliphatic rings. The lowest BCUT2D eigenvalue weighted by Crippen LogP contribution is -2.16. The second kappa shape index (κ2) is 4.84. The predicted octanol–water partition coefficient (Wildman–Crippen LogP) is 1.18. The van der Waals surface area contributed by atoms with E-state index in [1.54, 1.807) is 12.4 Å². The zero-order chi connectivity index (χ0) is 10.5. The summed E-state index contributed by atoms with van der Waals surface area (Å²) in [6.07, 6.45) is 5.96. The molecule has 2 aromatic rings. The summed E-state index contributed by atoms with van der Waals surface area (Å²) in [6.45, 7) is 1.10. The molecule has 0 aromatic carbocycles. The molecule has 0 aliphatic carbocycles. The van der Waals surface area contributed by atoms with E-state index in [0.717, 1.165) is 5.69 Å². The van der Waals surface area contributed by atoms with Crippen LogP contribution >= 0.6 is 0 Å². The first-order chi connectivity index (χ1) is 7.42. The molecule has 0 bridgehead atoms. The Morgan fingerprint density at radius 3 is 3.20 bits per heavy atom. The minimum atomic E-state index is -0.276. The van der Waals surface area contributed by atoms with Crippen LogP contribution in [0.15, 0.2) is 24.7 Å². The predicted molar refractivity (Wildman–Crippen MR) is 55.3 cm³/mol. The number of alkyl halides is 1. The maximum absolute atomic E-state index is 11.8. The van der Waals surface area contributed by atoms with Crippen LogP contribution in [-0.4, -0.2) is 27.6 Å². The Bertz CT molecular complexity index is 426. The van der Waals surface area contributed by atoms with Gasteiger partial charge < -0.3 is 5.32 Å². The lowest BCUT2D eigenvalue weighted by atomic mass is 10.4. The maximum atomic E-state index is 11.8. The number of hydrogen-bond acceptors (Lipinski definition) is 3. The van der Waals surface area contributed by atoms with Gasteiger partial charge >= 0.3 is 0 Å². The molecule has 4 nitrogen and oxygen atoms in total. The maximum Gasteiger partial charge on any atom is 0.233 e. The van der Waals surface area contributed by atoms with Crippen LogP contribution in [0, 0.1) is 0 Å². The minimum absolute atomic E-state index is 0.276. The van der Waals surface area contributed by atoms with Crippen molar-refractivity contribution in [2.75, 3.05) is 13.2 Å². The first kappa shape index (κ1) is 10.0. The molecule has 0 aliphatic heterocycles. The average molecular weight is 208 g/mol. The molecule has 0 atom stereocenters. The van der Waals surface area contributed by atoms with E-state index in [1.165, 1.54) is 0 Å². The third-order valence-corrected chi connectivity index (χ3v) is 2.16. The number of hydrogen-bond donors (Lipinski definition) is 1. The Labute approximate surface area is 87.2 Å². The lowest BCUT2D eigenvalue weighted by molar-refractivity contribution is 0.458. The molecule has 0 spiro atoms. The first-order valence-corrected chi connectivity index (χ1v) is 4.95. The summed E-state index contributed by atoms with van der Waals surface area (Å²) < 4.78 is 13.8. The first-order valence-electron chi connectivity index (χ1n) is 4.95. The van der Waals surface area contributed by atoms with Crippen LogP contribution < -0.4 is 5.32 Å². The zero-order valence-electron chi connectivity index (χ0n) is 8.36. The topological polar surface area (TPSA) is 42.2 Å². The number of aromatic nitrogens is 3. The fraction of sp³-hybridized carbons (Fsp3) is 0.400. The van der Waals surface area contributed by atoms with E-state index in [9.17, 15) is 4.39 Å². The molecule has 2 rings (SSSR count). The zero-order valence-corrected chi connectivity index (χ0v) is 8.36. The van der Waals surface area contributed by atoms with Crippen LogP contribution in [0.5, 0.6) is 0 Å². The van der Waals surface area contributed by atoms with Crippen LogP contribution in [0.4, 0.5) is 4.39 Å². The van der Waals surface area contributed by atoms with E-state index < -0.39 is 0 Å². The number of halogens is 1. The van der Waals surface area contributed by atoms with Crippen molar-refractivity contribution in [3.63, 3.8) is 0 Å². The molecular weight excluding hydrogens is 195 g/mol. The van der Waals surface area contributed by atoms with E-state index in [2.05, 4.69) is 15.3 Å². The van der Waals surface area contributed by atoms with Gasteiger partial charge in [-0.1, -0.05) is 0 Å². The van der Waals surface area contributed by atoms with Gasteiger partial charge in [0.2, 0.25) is 5.78 Å². The molecule has 2 aromatic heterocycles. The van der Waals surface area contributed by atoms with Gasteiger partial charge in [-0.05, 0) is 19.0 Å². The number of nitrogens with one attached hydrogen (secondary N) is 1. The van der Waals surface area contributed by atoms with Crippen LogP contribution in [0.1, 0.15) is 12.1 Å². The van der Waals surface area contributed by atoms with E-state index in [0.29, 0.717) is 25.3 Å². The van der Waals surface area contributed by atoms with E-state index >= 15 is 0 Å². The Kier molecular flexibility index (Phi) is 3.24. The van der Waals surface area contributed by atoms with E-state index in [-0.39, 0.29) is 6.67 Å². The van der Waals surface area contributed by atoms with Crippen molar-refractivity contribution >= 4 is 5.78 Å². The summed E-state index contributed by atoms with van der Waals surface area (Å²) in [5.74, 6) is 0.694. The molecular formula is C10H13FN4. The summed E-state index contributed by atoms with van der Waals surface area (Å²) >= 11 is 0. The highest BCUT2D eigenvalue weighted by Gasteiger charge is 2.01. The molecule has 0 saturated carbocycles. The number of fused-ring (bicyclic) bond motifs is 1. The van der Waals surface area contributed by atoms with Crippen molar-refractivity contribution in [3.05, 3.63) is 30.4 Å². The van der Waals surface area contributed by atoms with Gasteiger partial charge in [0.25, 0.3) is 0 Å². The third-order valence-electron chi connectivity index (χ3n) is 2.16. The van der Waals surface area contributed by atoms with Crippen LogP contribution in [-0.2, 0) is 6.54 Å². The van der Waals surface area contributed by atoms with Gasteiger partial charge in [-0.3, -0.25) is 8.79 Å². The monoisotopic (exact) mass is 208 g/mol. The summed E-state index contributed by atoms with van der Waals surface area (Å²) in [5, 5.41) is 3.15. The molecule has 2 heterocycles. The Hall–Kier alpha value is -1.49. The van der Waals surface area contributed by atoms with Gasteiger partial charge in [-0.2, -0.15) is 0 Å². The minimum Gasteiger partial charge on any atom is -0.311 e. The normalized spacial score (nSPS) is 11.0. The molecule has 0 unspecified atom stereocenters. The van der Waals surface area contributed by atoms with Gasteiger partial charge in [-0.25, -0.2) is 9.97 Å². The van der Waals surface area contributed by atoms with Gasteiger partial charge in [0.1, 0.15) is 0 Å². The lowest BCUT2D eigenvalue weighted by Gasteiger charge is -2.02. The molecule has 5 heteroatoms. The smallest absolute Gasteiger partial charge is 0.233 e. The number of imidazole rings is 1. The van der Waals surface area contributed by atoms with Gasteiger partial charge in [0, 0.05) is 18.9 Å². The SMILES string of the molecule is FCCCNCc1cnc2ncccn12. The highest BCUT2D eigenvalue weighted by molar-refractivity contribution is 5.30. The molecule has 0 fully saturated rings. The second-order valence-electron chi connectivity index (χ2n) is 3.26. The van der Waals surface area contributed by atoms with E-state index in [4.69, 9.17) is 0 Å². The van der Waals surface area contributed by atoms with Crippen molar-refractivity contribution in [3.8, 4) is 0 Å². The second-order valence-corrected chi connectivity index (χ2v) is 3.26. The molecule has 1 N–H and O–H groups in total. The standard InChI is InChI=1S/C10H13FN4/c11-3-1-4-12-7-9-8-14-10-13-5-2-6-15(9)10/h2,5-6,8,12H,1,3-4,7H2. The van der Waals surface area contributed by atoms with E-state index in [1.807, 2.05) is 16.7 Å². The largest absolute Gasteiger partial charge is 0.311 e. The molecule has 15 heavy (non-hydrogen) atoms. The number of nitrogens with zero attached hydrogens (tertiary/aromatic N) is 3. The average Bonchev–Trinajstić information content (AvgIpc) is 2.68. The Morgan fingerprint density at radius 2 is 2.33 bits per heavy atom. The van der Waals surface area contributed by atoms with Crippen molar-refractivity contribution in [1.29, 1.82) is 0 Å². The Balaban J connectivity index is 2.02. The van der Waals surface area contributed by atoms with Crippen LogP contribution in [0.25, 0.3) is 5.78 Å². The molecule has 0 amide bonds. The summed E-state index contributed by atoms with van der Waals surface area (Å²) in [7, 11) is 0. The number of rotatable bonds is 5. The van der Waals surface area contributed by atoms with Gasteiger partial charge in [-0.15, -0.1) is 0 Å². The summed E-state index contributed by atoms with van der Waals surface area (Å²) in [4.78, 5) is 8.27. The van der Waals surface area contributed by atoms with Crippen molar-refractivity contribution < 1.29 is 4.39 Å². The van der Waals surface area contributed by atoms with Crippen LogP contribution in [0.2, 0.25) is 0 Å². The Morgan fingerprint density at radius 1 is 1.40 bits per heavy atom. The summed E-state index contributed by atoms with van der Waals surface area (Å²) in [5.41, 5.74) is 1.04. The summed E-state index contributed by atoms with van der Waals surface area (Å²) in [6, 6.07) is 1.86. The fourth-order valence-electron chi connectivity index (χ4n) is 1.42.